The molecule has 0 aliphatic heterocycles. The first kappa shape index (κ1) is 23.1. The Morgan fingerprint density at radius 3 is 2.52 bits per heavy atom. The SMILES string of the molecule is CCO[C@@H](CNS(=O)(=O)c1ccc(Cn2c(C)nc3cnccc32)cc1)Cc1ccccc1. The van der Waals surface area contributed by atoms with Crippen molar-refractivity contribution in [3.05, 3.63) is 90.0 Å². The number of aryl methyl sites for hydroxylation is 1. The molecule has 0 aliphatic carbocycles. The Labute approximate surface area is 194 Å². The molecule has 172 valence electrons. The first-order chi connectivity index (χ1) is 16.0. The zero-order chi connectivity index (χ0) is 23.3. The molecule has 4 aromatic rings. The van der Waals surface area contributed by atoms with E-state index in [1.807, 2.05) is 62.4 Å². The van der Waals surface area contributed by atoms with Gasteiger partial charge < -0.3 is 9.30 Å². The van der Waals surface area contributed by atoms with Gasteiger partial charge in [-0.1, -0.05) is 42.5 Å². The molecule has 2 heterocycles. The largest absolute Gasteiger partial charge is 0.377 e. The molecule has 2 aromatic heterocycles. The zero-order valence-corrected chi connectivity index (χ0v) is 19.6. The molecule has 33 heavy (non-hydrogen) atoms. The van der Waals surface area contributed by atoms with Crippen LogP contribution in [0.15, 0.2) is 78.0 Å². The Hall–Kier alpha value is -3.07. The Bertz CT molecular complexity index is 1300. The van der Waals surface area contributed by atoms with Gasteiger partial charge >= 0.3 is 0 Å². The van der Waals surface area contributed by atoms with Crippen molar-refractivity contribution in [2.45, 2.75) is 37.8 Å². The topological polar surface area (TPSA) is 86.1 Å². The quantitative estimate of drug-likeness (QED) is 0.387. The van der Waals surface area contributed by atoms with Crippen molar-refractivity contribution in [2.75, 3.05) is 13.2 Å². The van der Waals surface area contributed by atoms with Crippen LogP contribution in [0.3, 0.4) is 0 Å². The third kappa shape index (κ3) is 5.65. The highest BCUT2D eigenvalue weighted by Gasteiger charge is 2.18. The van der Waals surface area contributed by atoms with Gasteiger partial charge in [-0.05, 0) is 49.6 Å². The molecular formula is C25H28N4O3S. The van der Waals surface area contributed by atoms with Crippen molar-refractivity contribution in [1.82, 2.24) is 19.3 Å². The third-order valence-corrected chi connectivity index (χ3v) is 6.96. The lowest BCUT2D eigenvalue weighted by atomic mass is 10.1. The normalized spacial score (nSPS) is 12.8. The van der Waals surface area contributed by atoms with Gasteiger partial charge in [0.05, 0.1) is 22.7 Å². The fraction of sp³-hybridized carbons (Fsp3) is 0.280. The number of pyridine rings is 1. The van der Waals surface area contributed by atoms with E-state index in [4.69, 9.17) is 4.74 Å². The minimum Gasteiger partial charge on any atom is -0.377 e. The van der Waals surface area contributed by atoms with Crippen LogP contribution in [0.2, 0.25) is 0 Å². The van der Waals surface area contributed by atoms with Crippen LogP contribution >= 0.6 is 0 Å². The summed E-state index contributed by atoms with van der Waals surface area (Å²) < 4.78 is 36.3. The van der Waals surface area contributed by atoms with E-state index in [9.17, 15) is 8.42 Å². The molecule has 0 spiro atoms. The lowest BCUT2D eigenvalue weighted by molar-refractivity contribution is 0.0669. The highest BCUT2D eigenvalue weighted by atomic mass is 32.2. The van der Waals surface area contributed by atoms with Crippen molar-refractivity contribution >= 4 is 21.1 Å². The molecule has 0 saturated carbocycles. The molecule has 7 nitrogen and oxygen atoms in total. The second-order valence-electron chi connectivity index (χ2n) is 7.87. The van der Waals surface area contributed by atoms with Gasteiger partial charge in [0.25, 0.3) is 0 Å². The summed E-state index contributed by atoms with van der Waals surface area (Å²) in [7, 11) is -3.64. The number of hydrogen-bond donors (Lipinski definition) is 1. The highest BCUT2D eigenvalue weighted by Crippen LogP contribution is 2.18. The highest BCUT2D eigenvalue weighted by molar-refractivity contribution is 7.89. The average molecular weight is 465 g/mol. The number of nitrogens with zero attached hydrogens (tertiary/aromatic N) is 3. The van der Waals surface area contributed by atoms with Gasteiger partial charge in [-0.25, -0.2) is 18.1 Å². The summed E-state index contributed by atoms with van der Waals surface area (Å²) in [5.41, 5.74) is 3.95. The molecule has 0 unspecified atom stereocenters. The van der Waals surface area contributed by atoms with Crippen molar-refractivity contribution in [2.24, 2.45) is 0 Å². The van der Waals surface area contributed by atoms with Crippen molar-refractivity contribution in [1.29, 1.82) is 0 Å². The van der Waals surface area contributed by atoms with Crippen LogP contribution in [0.25, 0.3) is 11.0 Å². The summed E-state index contributed by atoms with van der Waals surface area (Å²) in [5.74, 6) is 0.886. The summed E-state index contributed by atoms with van der Waals surface area (Å²) in [5, 5.41) is 0. The fourth-order valence-corrected chi connectivity index (χ4v) is 4.91. The van der Waals surface area contributed by atoms with E-state index in [2.05, 4.69) is 19.3 Å². The number of sulfonamides is 1. The number of aromatic nitrogens is 3. The standard InChI is InChI=1S/C25H28N4O3S/c1-3-32-22(15-20-7-5-4-6-8-20)16-27-33(30,31)23-11-9-21(10-12-23)18-29-19(2)28-24-17-26-14-13-25(24)29/h4-14,17,22,27H,3,15-16,18H2,1-2H3/t22-/m1/s1. The lowest BCUT2D eigenvalue weighted by Crippen LogP contribution is -2.35. The molecular weight excluding hydrogens is 436 g/mol. The van der Waals surface area contributed by atoms with Gasteiger partial charge in [0.1, 0.15) is 11.3 Å². The smallest absolute Gasteiger partial charge is 0.240 e. The second kappa shape index (κ2) is 10.2. The van der Waals surface area contributed by atoms with E-state index in [1.165, 1.54) is 0 Å². The molecule has 0 aliphatic rings. The van der Waals surface area contributed by atoms with Gasteiger partial charge in [-0.3, -0.25) is 4.98 Å². The van der Waals surface area contributed by atoms with E-state index in [0.29, 0.717) is 19.6 Å². The molecule has 1 N–H and O–H groups in total. The maximum Gasteiger partial charge on any atom is 0.240 e. The minimum absolute atomic E-state index is 0.209. The number of fused-ring (bicyclic) bond motifs is 1. The van der Waals surface area contributed by atoms with E-state index >= 15 is 0 Å². The van der Waals surface area contributed by atoms with Crippen molar-refractivity contribution in [3.63, 3.8) is 0 Å². The van der Waals surface area contributed by atoms with Gasteiger partial charge in [0.15, 0.2) is 0 Å². The van der Waals surface area contributed by atoms with Gasteiger partial charge in [-0.15, -0.1) is 0 Å². The molecule has 0 amide bonds. The lowest BCUT2D eigenvalue weighted by Gasteiger charge is -2.18. The van der Waals surface area contributed by atoms with Crippen LogP contribution in [0.5, 0.6) is 0 Å². The molecule has 0 saturated heterocycles. The molecule has 4 rings (SSSR count). The fourth-order valence-electron chi connectivity index (χ4n) is 3.85. The number of rotatable bonds is 10. The van der Waals surface area contributed by atoms with Crippen LogP contribution in [-0.4, -0.2) is 42.2 Å². The predicted molar refractivity (Wildman–Crippen MR) is 129 cm³/mol. The summed E-state index contributed by atoms with van der Waals surface area (Å²) in [4.78, 5) is 8.89. The van der Waals surface area contributed by atoms with Crippen LogP contribution in [0.4, 0.5) is 0 Å². The summed E-state index contributed by atoms with van der Waals surface area (Å²) >= 11 is 0. The Kier molecular flexibility index (Phi) is 7.17. The first-order valence-electron chi connectivity index (χ1n) is 11.0. The molecule has 8 heteroatoms. The van der Waals surface area contributed by atoms with Crippen LogP contribution in [0.1, 0.15) is 23.9 Å². The maximum atomic E-state index is 12.9. The number of ether oxygens (including phenoxy) is 1. The molecule has 0 radical (unpaired) electrons. The molecule has 0 fully saturated rings. The van der Waals surface area contributed by atoms with Gasteiger partial charge in [-0.2, -0.15) is 0 Å². The molecule has 0 bridgehead atoms. The Morgan fingerprint density at radius 1 is 1.03 bits per heavy atom. The van der Waals surface area contributed by atoms with Gasteiger partial charge in [0.2, 0.25) is 10.0 Å². The van der Waals surface area contributed by atoms with Crippen molar-refractivity contribution in [3.8, 4) is 0 Å². The van der Waals surface area contributed by atoms with Crippen molar-refractivity contribution < 1.29 is 13.2 Å². The first-order valence-corrected chi connectivity index (χ1v) is 12.5. The minimum atomic E-state index is -3.64. The van der Waals surface area contributed by atoms with Gasteiger partial charge in [0, 0.05) is 25.9 Å². The molecule has 2 aromatic carbocycles. The summed E-state index contributed by atoms with van der Waals surface area (Å²) in [6.45, 7) is 5.19. The maximum absolute atomic E-state index is 12.9. The summed E-state index contributed by atoms with van der Waals surface area (Å²) in [6, 6.07) is 18.8. The van der Waals surface area contributed by atoms with E-state index in [0.717, 1.165) is 28.0 Å². The van der Waals surface area contributed by atoms with E-state index in [-0.39, 0.29) is 17.5 Å². The molecule has 1 atom stereocenters. The monoisotopic (exact) mass is 464 g/mol. The zero-order valence-electron chi connectivity index (χ0n) is 18.8. The number of nitrogens with one attached hydrogen (secondary N) is 1. The van der Waals surface area contributed by atoms with Crippen LogP contribution in [-0.2, 0) is 27.7 Å². The Morgan fingerprint density at radius 2 is 1.79 bits per heavy atom. The van der Waals surface area contributed by atoms with E-state index < -0.39 is 10.0 Å². The third-order valence-electron chi connectivity index (χ3n) is 5.53. The van der Waals surface area contributed by atoms with Crippen LogP contribution in [0, 0.1) is 6.92 Å². The summed E-state index contributed by atoms with van der Waals surface area (Å²) in [6.07, 6.45) is 3.89. The number of hydrogen-bond acceptors (Lipinski definition) is 5. The van der Waals surface area contributed by atoms with E-state index in [1.54, 1.807) is 24.5 Å². The Balaban J connectivity index is 1.43. The van der Waals surface area contributed by atoms with Crippen LogP contribution < -0.4 is 4.72 Å². The number of imidazole rings is 1. The number of benzene rings is 2. The second-order valence-corrected chi connectivity index (χ2v) is 9.64. The predicted octanol–water partition coefficient (Wildman–Crippen LogP) is 3.71. The average Bonchev–Trinajstić information content (AvgIpc) is 3.14.